The van der Waals surface area contributed by atoms with Gasteiger partial charge in [0.2, 0.25) is 20.0 Å². The summed E-state index contributed by atoms with van der Waals surface area (Å²) in [6.07, 6.45) is 0.665. The summed E-state index contributed by atoms with van der Waals surface area (Å²) in [5.41, 5.74) is 0.317. The summed E-state index contributed by atoms with van der Waals surface area (Å²) < 4.78 is 60.4. The van der Waals surface area contributed by atoms with E-state index in [2.05, 4.69) is 10.0 Å². The monoisotopic (exact) mass is 491 g/mol. The first-order chi connectivity index (χ1) is 14.2. The van der Waals surface area contributed by atoms with Gasteiger partial charge < -0.3 is 10.1 Å². The molecule has 1 amide bonds. The minimum absolute atomic E-state index is 0.0277. The van der Waals surface area contributed by atoms with Crippen molar-refractivity contribution in [1.82, 2.24) is 9.03 Å². The minimum Gasteiger partial charge on any atom is -0.482 e. The summed E-state index contributed by atoms with van der Waals surface area (Å²) in [5, 5.41) is 4.23. The first-order valence-corrected chi connectivity index (χ1v) is 13.2. The number of rotatable bonds is 5. The molecule has 1 fully saturated rings. The number of carbonyl (C=O) groups excluding carboxylic acids is 1. The Morgan fingerprint density at radius 2 is 1.93 bits per heavy atom. The van der Waals surface area contributed by atoms with Crippen LogP contribution in [0.2, 0.25) is 5.02 Å². The maximum Gasteiger partial charge on any atom is 0.262 e. The quantitative estimate of drug-likeness (QED) is 0.658. The van der Waals surface area contributed by atoms with E-state index in [1.54, 1.807) is 11.4 Å². The predicted molar refractivity (Wildman–Crippen MR) is 112 cm³/mol. The molecule has 2 aliphatic rings. The maximum absolute atomic E-state index is 13.1. The number of hydrogen-bond acceptors (Lipinski definition) is 7. The van der Waals surface area contributed by atoms with Crippen molar-refractivity contribution in [3.05, 3.63) is 34.7 Å². The lowest BCUT2D eigenvalue weighted by Gasteiger charge is -2.31. The lowest BCUT2D eigenvalue weighted by molar-refractivity contribution is -0.118. The summed E-state index contributed by atoms with van der Waals surface area (Å²) in [6.45, 7) is 0.0832. The molecule has 0 spiro atoms. The molecular weight excluding hydrogens is 474 g/mol. The van der Waals surface area contributed by atoms with Gasteiger partial charge in [-0.1, -0.05) is 17.7 Å². The zero-order valence-corrected chi connectivity index (χ0v) is 18.7. The number of anilines is 1. The Morgan fingerprint density at radius 3 is 2.60 bits per heavy atom. The van der Waals surface area contributed by atoms with E-state index in [4.69, 9.17) is 16.3 Å². The topological polar surface area (TPSA) is 122 Å². The third-order valence-electron chi connectivity index (χ3n) is 4.82. The molecule has 1 aromatic heterocycles. The summed E-state index contributed by atoms with van der Waals surface area (Å²) in [7, 11) is -7.53. The predicted octanol–water partition coefficient (Wildman–Crippen LogP) is 1.86. The Kier molecular flexibility index (Phi) is 5.81. The highest BCUT2D eigenvalue weighted by atomic mass is 35.5. The summed E-state index contributed by atoms with van der Waals surface area (Å²) in [6, 6.07) is 5.48. The van der Waals surface area contributed by atoms with Crippen LogP contribution in [0.15, 0.2) is 38.8 Å². The highest BCUT2D eigenvalue weighted by molar-refractivity contribution is 7.91. The van der Waals surface area contributed by atoms with E-state index in [1.807, 2.05) is 0 Å². The van der Waals surface area contributed by atoms with Gasteiger partial charge in [0, 0.05) is 25.2 Å². The van der Waals surface area contributed by atoms with Crippen LogP contribution >= 0.6 is 22.9 Å². The van der Waals surface area contributed by atoms with Crippen molar-refractivity contribution < 1.29 is 26.4 Å². The second-order valence-corrected chi connectivity index (χ2v) is 12.0. The number of amides is 1. The molecule has 0 unspecified atom stereocenters. The summed E-state index contributed by atoms with van der Waals surface area (Å²) in [5.74, 6) is -0.114. The van der Waals surface area contributed by atoms with Gasteiger partial charge in [-0.3, -0.25) is 4.79 Å². The van der Waals surface area contributed by atoms with Crippen LogP contribution in [-0.2, 0) is 24.8 Å². The van der Waals surface area contributed by atoms with Crippen molar-refractivity contribution in [3.8, 4) is 5.75 Å². The molecule has 0 radical (unpaired) electrons. The van der Waals surface area contributed by atoms with Crippen molar-refractivity contribution in [3.63, 3.8) is 0 Å². The normalized spacial score (nSPS) is 18.5. The van der Waals surface area contributed by atoms with Crippen molar-refractivity contribution >= 4 is 54.6 Å². The Bertz CT molecular complexity index is 1170. The first kappa shape index (κ1) is 21.5. The van der Waals surface area contributed by atoms with Crippen LogP contribution in [0.1, 0.15) is 12.8 Å². The first-order valence-electron chi connectivity index (χ1n) is 8.99. The fraction of sp³-hybridized carbons (Fsp3) is 0.353. The van der Waals surface area contributed by atoms with Crippen molar-refractivity contribution in [2.75, 3.05) is 25.0 Å². The third-order valence-corrected chi connectivity index (χ3v) is 10.1. The highest BCUT2D eigenvalue weighted by Gasteiger charge is 2.34. The van der Waals surface area contributed by atoms with Gasteiger partial charge in [-0.15, -0.1) is 11.3 Å². The van der Waals surface area contributed by atoms with Gasteiger partial charge in [0.05, 0.1) is 10.7 Å². The molecule has 2 N–H and O–H groups in total. The van der Waals surface area contributed by atoms with Gasteiger partial charge in [-0.05, 0) is 30.4 Å². The van der Waals surface area contributed by atoms with E-state index in [9.17, 15) is 21.6 Å². The molecule has 9 nitrogen and oxygen atoms in total. The fourth-order valence-electron chi connectivity index (χ4n) is 3.33. The van der Waals surface area contributed by atoms with E-state index in [-0.39, 0.29) is 51.5 Å². The number of halogens is 1. The number of ether oxygens (including phenoxy) is 1. The standard InChI is InChI=1S/C17H18ClN3O6S3/c18-12-8-13-14(27-10-16(22)19-13)9-15(12)30(25,26)21-5-3-11(4-6-21)20-29(23,24)17-2-1-7-28-17/h1-2,7-9,11,20H,3-6,10H2,(H,19,22). The molecule has 162 valence electrons. The van der Waals surface area contributed by atoms with Crippen LogP contribution in [0, 0.1) is 0 Å². The molecular formula is C17H18ClN3O6S3. The Morgan fingerprint density at radius 1 is 1.20 bits per heavy atom. The second-order valence-electron chi connectivity index (χ2n) is 6.85. The number of carbonyl (C=O) groups is 1. The summed E-state index contributed by atoms with van der Waals surface area (Å²) >= 11 is 7.31. The number of sulfonamides is 2. The van der Waals surface area contributed by atoms with E-state index in [0.29, 0.717) is 18.5 Å². The number of benzene rings is 1. The Balaban J connectivity index is 1.47. The zero-order chi connectivity index (χ0) is 21.5. The molecule has 2 aromatic rings. The lowest BCUT2D eigenvalue weighted by atomic mass is 10.1. The van der Waals surface area contributed by atoms with Gasteiger partial charge >= 0.3 is 0 Å². The smallest absolute Gasteiger partial charge is 0.262 e. The van der Waals surface area contributed by atoms with Crippen LogP contribution in [0.25, 0.3) is 0 Å². The van der Waals surface area contributed by atoms with Crippen LogP contribution in [0.3, 0.4) is 0 Å². The van der Waals surface area contributed by atoms with E-state index >= 15 is 0 Å². The molecule has 0 atom stereocenters. The number of nitrogens with zero attached hydrogens (tertiary/aromatic N) is 1. The molecule has 4 rings (SSSR count). The highest BCUT2D eigenvalue weighted by Crippen LogP contribution is 2.37. The zero-order valence-electron chi connectivity index (χ0n) is 15.5. The van der Waals surface area contributed by atoms with Crippen LogP contribution < -0.4 is 14.8 Å². The number of fused-ring (bicyclic) bond motifs is 1. The SMILES string of the molecule is O=C1COc2cc(S(=O)(=O)N3CCC(NS(=O)(=O)c4cccs4)CC3)c(Cl)cc2N1. The number of nitrogens with one attached hydrogen (secondary N) is 2. The largest absolute Gasteiger partial charge is 0.482 e. The van der Waals surface area contributed by atoms with Crippen LogP contribution in [-0.4, -0.2) is 52.8 Å². The maximum atomic E-state index is 13.1. The molecule has 13 heteroatoms. The van der Waals surface area contributed by atoms with E-state index in [0.717, 1.165) is 11.3 Å². The molecule has 0 bridgehead atoms. The van der Waals surface area contributed by atoms with E-state index in [1.165, 1.54) is 22.5 Å². The van der Waals surface area contributed by atoms with E-state index < -0.39 is 20.0 Å². The van der Waals surface area contributed by atoms with Crippen LogP contribution in [0.5, 0.6) is 5.75 Å². The van der Waals surface area contributed by atoms with Gasteiger partial charge in [-0.2, -0.15) is 4.31 Å². The van der Waals surface area contributed by atoms with Crippen molar-refractivity contribution in [1.29, 1.82) is 0 Å². The molecule has 1 saturated heterocycles. The average Bonchev–Trinajstić information content (AvgIpc) is 3.23. The average molecular weight is 492 g/mol. The molecule has 0 saturated carbocycles. The summed E-state index contributed by atoms with van der Waals surface area (Å²) in [4.78, 5) is 11.3. The minimum atomic E-state index is -3.92. The van der Waals surface area contributed by atoms with Crippen molar-refractivity contribution in [2.45, 2.75) is 28.0 Å². The number of thiophene rings is 1. The molecule has 0 aliphatic carbocycles. The third kappa shape index (κ3) is 4.20. The van der Waals surface area contributed by atoms with Crippen molar-refractivity contribution in [2.24, 2.45) is 0 Å². The van der Waals surface area contributed by atoms with Crippen LogP contribution in [0.4, 0.5) is 5.69 Å². The fourth-order valence-corrected chi connectivity index (χ4v) is 7.63. The molecule has 1 aromatic carbocycles. The number of piperidine rings is 1. The molecule has 2 aliphatic heterocycles. The number of hydrogen-bond donors (Lipinski definition) is 2. The van der Waals surface area contributed by atoms with Gasteiger partial charge in [-0.25, -0.2) is 21.6 Å². The Labute approximate surface area is 183 Å². The molecule has 30 heavy (non-hydrogen) atoms. The Hall–Kier alpha value is -1.70. The van der Waals surface area contributed by atoms with Gasteiger partial charge in [0.15, 0.2) is 6.61 Å². The second kappa shape index (κ2) is 8.09. The van der Waals surface area contributed by atoms with Gasteiger partial charge in [0.1, 0.15) is 14.9 Å². The molecule has 3 heterocycles. The lowest BCUT2D eigenvalue weighted by Crippen LogP contribution is -2.46. The van der Waals surface area contributed by atoms with Gasteiger partial charge in [0.25, 0.3) is 5.91 Å².